The molecule has 0 aliphatic rings. The van der Waals surface area contributed by atoms with Gasteiger partial charge in [-0.05, 0) is 13.8 Å². The topological polar surface area (TPSA) is 114 Å². The maximum atomic E-state index is 11.5. The summed E-state index contributed by atoms with van der Waals surface area (Å²) in [7, 11) is 1.27. The molecule has 3 N–H and O–H groups in total. The van der Waals surface area contributed by atoms with Crippen molar-refractivity contribution >= 4 is 12.0 Å². The quantitative estimate of drug-likeness (QED) is 0.680. The number of carbonyl (C=O) groups excluding carboxylic acids is 1. The van der Waals surface area contributed by atoms with Crippen LogP contribution in [-0.2, 0) is 16.1 Å². The summed E-state index contributed by atoms with van der Waals surface area (Å²) in [6.45, 7) is 3.67. The number of aliphatic carboxylic acids is 1. The predicted octanol–water partition coefficient (Wildman–Crippen LogP) is 0.190. The number of carboxylic acid groups (broad SMARTS) is 1. The van der Waals surface area contributed by atoms with E-state index >= 15 is 0 Å². The average Bonchev–Trinajstić information content (AvgIpc) is 2.67. The summed E-state index contributed by atoms with van der Waals surface area (Å²) in [5.41, 5.74) is 1.51. The minimum atomic E-state index is -1.13. The summed E-state index contributed by atoms with van der Waals surface area (Å²) >= 11 is 0. The molecule has 0 aliphatic carbocycles. The molecule has 2 amide bonds. The molecule has 0 bridgehead atoms. The lowest BCUT2D eigenvalue weighted by atomic mass is 10.2. The molecule has 0 radical (unpaired) electrons. The van der Waals surface area contributed by atoms with Gasteiger partial charge >= 0.3 is 12.0 Å². The van der Waals surface area contributed by atoms with Gasteiger partial charge in [0.15, 0.2) is 6.10 Å². The Labute approximate surface area is 110 Å². The Kier molecular flexibility index (Phi) is 5.31. The van der Waals surface area contributed by atoms with Crippen LogP contribution in [0.2, 0.25) is 0 Å². The lowest BCUT2D eigenvalue weighted by Gasteiger charge is -2.12. The van der Waals surface area contributed by atoms with E-state index in [4.69, 9.17) is 9.63 Å². The number of aromatic nitrogens is 1. The third-order valence-corrected chi connectivity index (χ3v) is 2.61. The molecule has 0 saturated heterocycles. The van der Waals surface area contributed by atoms with Crippen molar-refractivity contribution in [1.29, 1.82) is 0 Å². The summed E-state index contributed by atoms with van der Waals surface area (Å²) in [5, 5.41) is 17.5. The Balaban J connectivity index is 2.38. The smallest absolute Gasteiger partial charge is 0.334 e. The third kappa shape index (κ3) is 4.25. The van der Waals surface area contributed by atoms with Crippen LogP contribution in [-0.4, -0.2) is 42.0 Å². The van der Waals surface area contributed by atoms with Crippen LogP contribution in [0.3, 0.4) is 0 Å². The lowest BCUT2D eigenvalue weighted by molar-refractivity contribution is -0.147. The van der Waals surface area contributed by atoms with Crippen molar-refractivity contribution in [3.63, 3.8) is 0 Å². The molecule has 1 unspecified atom stereocenters. The fourth-order valence-corrected chi connectivity index (χ4v) is 1.44. The van der Waals surface area contributed by atoms with Gasteiger partial charge in [0.1, 0.15) is 5.76 Å². The average molecular weight is 271 g/mol. The van der Waals surface area contributed by atoms with Crippen molar-refractivity contribution in [3.05, 3.63) is 17.0 Å². The number of carboxylic acids is 1. The van der Waals surface area contributed by atoms with Crippen LogP contribution in [0.25, 0.3) is 0 Å². The first-order chi connectivity index (χ1) is 8.95. The molecule has 1 aromatic heterocycles. The molecular weight excluding hydrogens is 254 g/mol. The fourth-order valence-electron chi connectivity index (χ4n) is 1.44. The Bertz CT molecular complexity index is 438. The Morgan fingerprint density at radius 3 is 2.58 bits per heavy atom. The first kappa shape index (κ1) is 15.0. The number of methoxy groups -OCH3 is 1. The number of urea groups is 1. The van der Waals surface area contributed by atoms with Gasteiger partial charge in [-0.25, -0.2) is 9.59 Å². The van der Waals surface area contributed by atoms with Gasteiger partial charge in [0.25, 0.3) is 0 Å². The zero-order valence-electron chi connectivity index (χ0n) is 11.0. The van der Waals surface area contributed by atoms with Gasteiger partial charge in [-0.2, -0.15) is 0 Å². The van der Waals surface area contributed by atoms with E-state index in [1.165, 1.54) is 7.11 Å². The van der Waals surface area contributed by atoms with Gasteiger partial charge in [-0.15, -0.1) is 0 Å². The number of hydrogen-bond donors (Lipinski definition) is 3. The molecule has 8 heteroatoms. The van der Waals surface area contributed by atoms with Crippen LogP contribution in [0.15, 0.2) is 4.52 Å². The van der Waals surface area contributed by atoms with E-state index in [2.05, 4.69) is 20.5 Å². The maximum absolute atomic E-state index is 11.5. The minimum absolute atomic E-state index is 0.112. The van der Waals surface area contributed by atoms with E-state index in [0.29, 0.717) is 11.5 Å². The van der Waals surface area contributed by atoms with Gasteiger partial charge in [0.05, 0.1) is 12.2 Å². The Morgan fingerprint density at radius 2 is 2.11 bits per heavy atom. The van der Waals surface area contributed by atoms with Crippen molar-refractivity contribution in [2.45, 2.75) is 26.5 Å². The van der Waals surface area contributed by atoms with Crippen LogP contribution in [0.1, 0.15) is 17.0 Å². The summed E-state index contributed by atoms with van der Waals surface area (Å²) < 4.78 is 9.64. The molecule has 1 atom stereocenters. The van der Waals surface area contributed by atoms with Crippen molar-refractivity contribution in [2.75, 3.05) is 13.7 Å². The highest BCUT2D eigenvalue weighted by atomic mass is 16.5. The number of rotatable bonds is 6. The van der Waals surface area contributed by atoms with Gasteiger partial charge in [-0.1, -0.05) is 5.16 Å². The normalized spacial score (nSPS) is 11.9. The van der Waals surface area contributed by atoms with Crippen molar-refractivity contribution in [2.24, 2.45) is 0 Å². The maximum Gasteiger partial charge on any atom is 0.334 e. The number of ether oxygens (including phenoxy) is 1. The molecule has 19 heavy (non-hydrogen) atoms. The highest BCUT2D eigenvalue weighted by Gasteiger charge is 2.17. The number of nitrogens with zero attached hydrogens (tertiary/aromatic N) is 1. The van der Waals surface area contributed by atoms with E-state index in [9.17, 15) is 9.59 Å². The first-order valence-corrected chi connectivity index (χ1v) is 5.64. The number of aryl methyl sites for hydroxylation is 2. The van der Waals surface area contributed by atoms with E-state index in [1.807, 2.05) is 0 Å². The summed E-state index contributed by atoms with van der Waals surface area (Å²) in [4.78, 5) is 22.1. The van der Waals surface area contributed by atoms with Crippen LogP contribution < -0.4 is 10.6 Å². The SMILES string of the molecule is COC(CNC(=O)NCc1c(C)noc1C)C(=O)O. The number of nitrogens with one attached hydrogen (secondary N) is 2. The van der Waals surface area contributed by atoms with Crippen molar-refractivity contribution in [1.82, 2.24) is 15.8 Å². The minimum Gasteiger partial charge on any atom is -0.479 e. The van der Waals surface area contributed by atoms with Crippen molar-refractivity contribution < 1.29 is 24.0 Å². The van der Waals surface area contributed by atoms with Crippen LogP contribution in [0, 0.1) is 13.8 Å². The Morgan fingerprint density at radius 1 is 1.42 bits per heavy atom. The molecule has 0 aromatic carbocycles. The zero-order chi connectivity index (χ0) is 14.4. The number of hydrogen-bond acceptors (Lipinski definition) is 5. The van der Waals surface area contributed by atoms with Gasteiger partial charge in [0.2, 0.25) is 0 Å². The van der Waals surface area contributed by atoms with Gasteiger partial charge in [-0.3, -0.25) is 0 Å². The van der Waals surface area contributed by atoms with E-state index < -0.39 is 18.1 Å². The van der Waals surface area contributed by atoms with Crippen molar-refractivity contribution in [3.8, 4) is 0 Å². The number of amides is 2. The highest BCUT2D eigenvalue weighted by Crippen LogP contribution is 2.11. The summed E-state index contributed by atoms with van der Waals surface area (Å²) in [6, 6.07) is -0.483. The lowest BCUT2D eigenvalue weighted by Crippen LogP contribution is -2.42. The molecule has 106 valence electrons. The molecule has 1 aromatic rings. The largest absolute Gasteiger partial charge is 0.479 e. The summed E-state index contributed by atoms with van der Waals surface area (Å²) in [5.74, 6) is -0.494. The molecule has 0 saturated carbocycles. The van der Waals surface area contributed by atoms with Gasteiger partial charge in [0, 0.05) is 19.2 Å². The molecule has 0 spiro atoms. The molecular formula is C11H17N3O5. The summed E-state index contributed by atoms with van der Waals surface area (Å²) in [6.07, 6.45) is -1.06. The second-order valence-electron chi connectivity index (χ2n) is 3.93. The number of carbonyl (C=O) groups is 2. The van der Waals surface area contributed by atoms with Gasteiger partial charge < -0.3 is 25.0 Å². The van der Waals surface area contributed by atoms with E-state index in [1.54, 1.807) is 13.8 Å². The third-order valence-electron chi connectivity index (χ3n) is 2.61. The molecule has 1 heterocycles. The monoisotopic (exact) mass is 271 g/mol. The van der Waals surface area contributed by atoms with Crippen LogP contribution in [0.5, 0.6) is 0 Å². The van der Waals surface area contributed by atoms with Crippen LogP contribution >= 0.6 is 0 Å². The highest BCUT2D eigenvalue weighted by molar-refractivity contribution is 5.76. The Hall–Kier alpha value is -2.09. The second kappa shape index (κ2) is 6.74. The molecule has 8 nitrogen and oxygen atoms in total. The fraction of sp³-hybridized carbons (Fsp3) is 0.545. The zero-order valence-corrected chi connectivity index (χ0v) is 11.0. The van der Waals surface area contributed by atoms with E-state index in [-0.39, 0.29) is 13.1 Å². The molecule has 1 rings (SSSR count). The molecule has 0 fully saturated rings. The molecule has 0 aliphatic heterocycles. The van der Waals surface area contributed by atoms with E-state index in [0.717, 1.165) is 5.56 Å². The van der Waals surface area contributed by atoms with Crippen LogP contribution in [0.4, 0.5) is 4.79 Å². The predicted molar refractivity (Wildman–Crippen MR) is 64.6 cm³/mol. The standard InChI is InChI=1S/C11H17N3O5/c1-6-8(7(2)19-14-6)4-12-11(17)13-5-9(18-3)10(15)16/h9H,4-5H2,1-3H3,(H,15,16)(H2,12,13,17). The second-order valence-corrected chi connectivity index (χ2v) is 3.93. The first-order valence-electron chi connectivity index (χ1n) is 5.64.